The number of fused-ring (bicyclic) bond motifs is 1. The van der Waals surface area contributed by atoms with Crippen molar-refractivity contribution < 1.29 is 14.3 Å². The molecule has 1 aliphatic rings. The van der Waals surface area contributed by atoms with Crippen LogP contribution in [0.15, 0.2) is 18.2 Å². The average Bonchev–Trinajstić information content (AvgIpc) is 2.85. The van der Waals surface area contributed by atoms with Crippen molar-refractivity contribution in [2.24, 2.45) is 5.92 Å². The van der Waals surface area contributed by atoms with Gasteiger partial charge >= 0.3 is 0 Å². The summed E-state index contributed by atoms with van der Waals surface area (Å²) in [7, 11) is 0. The molecule has 0 aliphatic carbocycles. The number of benzene rings is 1. The first kappa shape index (κ1) is 14.5. The van der Waals surface area contributed by atoms with E-state index in [9.17, 15) is 14.3 Å². The highest BCUT2D eigenvalue weighted by Gasteiger charge is 2.27. The smallest absolute Gasteiger partial charge is 0.264 e. The summed E-state index contributed by atoms with van der Waals surface area (Å²) in [4.78, 5) is 15.1. The van der Waals surface area contributed by atoms with Crippen LogP contribution in [0.4, 0.5) is 4.39 Å². The highest BCUT2D eigenvalue weighted by molar-refractivity contribution is 7.21. The van der Waals surface area contributed by atoms with Crippen molar-refractivity contribution in [3.63, 3.8) is 0 Å². The molecule has 21 heavy (non-hydrogen) atoms. The second-order valence-electron chi connectivity index (χ2n) is 5.61. The SMILES string of the molecule is Cc1c(C(=O)N2CCCC(CO)C2)sc2cccc(F)c12. The maximum absolute atomic E-state index is 13.9. The summed E-state index contributed by atoms with van der Waals surface area (Å²) in [6.07, 6.45) is 1.87. The van der Waals surface area contributed by atoms with Gasteiger partial charge in [-0.25, -0.2) is 4.39 Å². The summed E-state index contributed by atoms with van der Waals surface area (Å²) in [5.41, 5.74) is 0.726. The van der Waals surface area contributed by atoms with Gasteiger partial charge in [-0.2, -0.15) is 0 Å². The van der Waals surface area contributed by atoms with Crippen molar-refractivity contribution in [3.8, 4) is 0 Å². The molecular formula is C16H18FNO2S. The third kappa shape index (κ3) is 2.56. The van der Waals surface area contributed by atoms with E-state index in [4.69, 9.17) is 0 Å². The molecule has 1 atom stereocenters. The number of carbonyl (C=O) groups excluding carboxylic acids is 1. The lowest BCUT2D eigenvalue weighted by Gasteiger charge is -2.31. The van der Waals surface area contributed by atoms with Crippen LogP contribution in [0.2, 0.25) is 0 Å². The van der Waals surface area contributed by atoms with Crippen LogP contribution >= 0.6 is 11.3 Å². The number of halogens is 1. The normalized spacial score (nSPS) is 19.2. The van der Waals surface area contributed by atoms with E-state index >= 15 is 0 Å². The third-order valence-corrected chi connectivity index (χ3v) is 5.41. The average molecular weight is 307 g/mol. The van der Waals surface area contributed by atoms with Crippen molar-refractivity contribution in [2.75, 3.05) is 19.7 Å². The molecule has 0 bridgehead atoms. The van der Waals surface area contributed by atoms with Crippen LogP contribution in [-0.2, 0) is 0 Å². The molecule has 1 fully saturated rings. The third-order valence-electron chi connectivity index (χ3n) is 4.16. The monoisotopic (exact) mass is 307 g/mol. The predicted molar refractivity (Wildman–Crippen MR) is 82.2 cm³/mol. The van der Waals surface area contributed by atoms with Gasteiger partial charge in [0.05, 0.1) is 4.88 Å². The number of thiophene rings is 1. The quantitative estimate of drug-likeness (QED) is 0.925. The van der Waals surface area contributed by atoms with Crippen molar-refractivity contribution in [1.29, 1.82) is 0 Å². The minimum Gasteiger partial charge on any atom is -0.396 e. The van der Waals surface area contributed by atoms with Crippen LogP contribution in [0.5, 0.6) is 0 Å². The maximum Gasteiger partial charge on any atom is 0.264 e. The lowest BCUT2D eigenvalue weighted by molar-refractivity contribution is 0.0625. The van der Waals surface area contributed by atoms with E-state index < -0.39 is 0 Å². The zero-order valence-electron chi connectivity index (χ0n) is 11.9. The standard InChI is InChI=1S/C16H18FNO2S/c1-10-14-12(17)5-2-6-13(14)21-15(10)16(20)18-7-3-4-11(8-18)9-19/h2,5-6,11,19H,3-4,7-9H2,1H3. The zero-order chi connectivity index (χ0) is 15.0. The lowest BCUT2D eigenvalue weighted by atomic mass is 9.98. The van der Waals surface area contributed by atoms with Gasteiger partial charge in [-0.3, -0.25) is 4.79 Å². The van der Waals surface area contributed by atoms with E-state index in [-0.39, 0.29) is 24.2 Å². The Morgan fingerprint density at radius 3 is 3.05 bits per heavy atom. The van der Waals surface area contributed by atoms with Crippen molar-refractivity contribution >= 4 is 27.3 Å². The number of amides is 1. The molecular weight excluding hydrogens is 289 g/mol. The van der Waals surface area contributed by atoms with E-state index in [2.05, 4.69) is 0 Å². The van der Waals surface area contributed by atoms with Gasteiger partial charge in [0.25, 0.3) is 5.91 Å². The molecule has 1 N–H and O–H groups in total. The van der Waals surface area contributed by atoms with Gasteiger partial charge in [0.2, 0.25) is 0 Å². The van der Waals surface area contributed by atoms with Crippen molar-refractivity contribution in [3.05, 3.63) is 34.5 Å². The summed E-state index contributed by atoms with van der Waals surface area (Å²) >= 11 is 1.35. The van der Waals surface area contributed by atoms with Gasteiger partial charge in [-0.05, 0) is 43.4 Å². The van der Waals surface area contributed by atoms with Crippen LogP contribution < -0.4 is 0 Å². The molecule has 0 spiro atoms. The second kappa shape index (κ2) is 5.73. The number of carbonyl (C=O) groups is 1. The first-order valence-electron chi connectivity index (χ1n) is 7.19. The fourth-order valence-corrected chi connectivity index (χ4v) is 4.19. The summed E-state index contributed by atoms with van der Waals surface area (Å²) in [5, 5.41) is 9.84. The van der Waals surface area contributed by atoms with Crippen LogP contribution in [0.1, 0.15) is 28.1 Å². The van der Waals surface area contributed by atoms with E-state index in [1.807, 2.05) is 13.0 Å². The van der Waals surface area contributed by atoms with Crippen LogP contribution in [0.25, 0.3) is 10.1 Å². The first-order chi connectivity index (χ1) is 10.1. The molecule has 1 unspecified atom stereocenters. The maximum atomic E-state index is 13.9. The molecule has 2 heterocycles. The first-order valence-corrected chi connectivity index (χ1v) is 8.01. The molecule has 0 saturated carbocycles. The predicted octanol–water partition coefficient (Wildman–Crippen LogP) is 3.19. The number of piperidine rings is 1. The molecule has 2 aromatic rings. The largest absolute Gasteiger partial charge is 0.396 e. The molecule has 1 saturated heterocycles. The molecule has 3 rings (SSSR count). The highest BCUT2D eigenvalue weighted by atomic mass is 32.1. The molecule has 5 heteroatoms. The van der Waals surface area contributed by atoms with Crippen LogP contribution in [0, 0.1) is 18.7 Å². The Morgan fingerprint density at radius 2 is 2.33 bits per heavy atom. The lowest BCUT2D eigenvalue weighted by Crippen LogP contribution is -2.40. The summed E-state index contributed by atoms with van der Waals surface area (Å²) < 4.78 is 14.7. The number of hydrogen-bond donors (Lipinski definition) is 1. The van der Waals surface area contributed by atoms with Gasteiger partial charge < -0.3 is 10.0 Å². The Balaban J connectivity index is 1.95. The van der Waals surface area contributed by atoms with Gasteiger partial charge in [0, 0.05) is 29.8 Å². The number of aryl methyl sites for hydroxylation is 1. The summed E-state index contributed by atoms with van der Waals surface area (Å²) in [6.45, 7) is 3.23. The fraction of sp³-hybridized carbons (Fsp3) is 0.438. The van der Waals surface area contributed by atoms with Gasteiger partial charge in [0.1, 0.15) is 5.82 Å². The topological polar surface area (TPSA) is 40.5 Å². The Morgan fingerprint density at radius 1 is 1.52 bits per heavy atom. The molecule has 3 nitrogen and oxygen atoms in total. The van der Waals surface area contributed by atoms with Crippen LogP contribution in [-0.4, -0.2) is 35.6 Å². The molecule has 1 aliphatic heterocycles. The van der Waals surface area contributed by atoms with Gasteiger partial charge in [-0.1, -0.05) is 6.07 Å². The summed E-state index contributed by atoms with van der Waals surface area (Å²) in [6, 6.07) is 4.95. The number of aliphatic hydroxyl groups excluding tert-OH is 1. The number of hydrogen-bond acceptors (Lipinski definition) is 3. The Labute approximate surface area is 127 Å². The van der Waals surface area contributed by atoms with Gasteiger partial charge in [0.15, 0.2) is 0 Å². The minimum atomic E-state index is -0.271. The number of likely N-dealkylation sites (tertiary alicyclic amines) is 1. The zero-order valence-corrected chi connectivity index (χ0v) is 12.8. The van der Waals surface area contributed by atoms with Crippen molar-refractivity contribution in [2.45, 2.75) is 19.8 Å². The Bertz CT molecular complexity index is 682. The molecule has 112 valence electrons. The van der Waals surface area contributed by atoms with E-state index in [1.54, 1.807) is 11.0 Å². The van der Waals surface area contributed by atoms with E-state index in [0.717, 1.165) is 23.1 Å². The fourth-order valence-electron chi connectivity index (χ4n) is 3.00. The van der Waals surface area contributed by atoms with Crippen molar-refractivity contribution in [1.82, 2.24) is 4.90 Å². The van der Waals surface area contributed by atoms with E-state index in [1.165, 1.54) is 17.4 Å². The minimum absolute atomic E-state index is 0.0359. The molecule has 1 aromatic carbocycles. The van der Waals surface area contributed by atoms with Crippen LogP contribution in [0.3, 0.4) is 0 Å². The molecule has 1 aromatic heterocycles. The Hall–Kier alpha value is -1.46. The second-order valence-corrected chi connectivity index (χ2v) is 6.66. The molecule has 0 radical (unpaired) electrons. The number of rotatable bonds is 2. The number of aliphatic hydroxyl groups is 1. The Kier molecular flexibility index (Phi) is 3.95. The highest BCUT2D eigenvalue weighted by Crippen LogP contribution is 2.34. The number of nitrogens with zero attached hydrogens (tertiary/aromatic N) is 1. The summed E-state index contributed by atoms with van der Waals surface area (Å²) in [5.74, 6) is -0.146. The van der Waals surface area contributed by atoms with E-state index in [0.29, 0.717) is 23.4 Å². The van der Waals surface area contributed by atoms with Gasteiger partial charge in [-0.15, -0.1) is 11.3 Å². The molecule has 1 amide bonds.